The van der Waals surface area contributed by atoms with E-state index in [4.69, 9.17) is 14.2 Å². The van der Waals surface area contributed by atoms with Gasteiger partial charge in [-0.1, -0.05) is 0 Å². The van der Waals surface area contributed by atoms with Crippen LogP contribution in [0, 0.1) is 5.92 Å². The maximum Gasteiger partial charge on any atom is 0.309 e. The van der Waals surface area contributed by atoms with Crippen molar-refractivity contribution in [2.24, 2.45) is 5.92 Å². The number of ether oxygens (including phenoxy) is 3. The van der Waals surface area contributed by atoms with E-state index in [1.54, 1.807) is 7.11 Å². The maximum atomic E-state index is 11.5. The van der Waals surface area contributed by atoms with Crippen LogP contribution < -0.4 is 0 Å². The lowest BCUT2D eigenvalue weighted by Crippen LogP contribution is -2.20. The lowest BCUT2D eigenvalue weighted by Gasteiger charge is -2.11. The smallest absolute Gasteiger partial charge is 0.309 e. The summed E-state index contributed by atoms with van der Waals surface area (Å²) in [4.78, 5) is 22.4. The Bertz CT molecular complexity index is 226. The van der Waals surface area contributed by atoms with Crippen LogP contribution in [0.2, 0.25) is 0 Å². The lowest BCUT2D eigenvalue weighted by molar-refractivity contribution is -0.150. The van der Waals surface area contributed by atoms with E-state index in [2.05, 4.69) is 0 Å². The molecular weight excluding hydrogens is 200 g/mol. The van der Waals surface area contributed by atoms with Crippen LogP contribution in [-0.4, -0.2) is 38.9 Å². The molecule has 0 aliphatic carbocycles. The molecule has 1 fully saturated rings. The average molecular weight is 216 g/mol. The molecule has 1 heterocycles. The number of carbonyl (C=O) groups is 2. The molecule has 86 valence electrons. The van der Waals surface area contributed by atoms with Crippen LogP contribution in [0.25, 0.3) is 0 Å². The molecule has 1 saturated heterocycles. The summed E-state index contributed by atoms with van der Waals surface area (Å²) in [6, 6.07) is 0. The minimum Gasteiger partial charge on any atom is -0.466 e. The molecule has 0 saturated carbocycles. The number of hydrogen-bond donors (Lipinski definition) is 0. The van der Waals surface area contributed by atoms with Gasteiger partial charge in [-0.25, -0.2) is 0 Å². The first-order valence-corrected chi connectivity index (χ1v) is 5.05. The Hall–Kier alpha value is -1.10. The van der Waals surface area contributed by atoms with Gasteiger partial charge in [0.2, 0.25) is 0 Å². The monoisotopic (exact) mass is 216 g/mol. The van der Waals surface area contributed by atoms with E-state index in [0.717, 1.165) is 0 Å². The Balaban J connectivity index is 2.28. The van der Waals surface area contributed by atoms with E-state index in [-0.39, 0.29) is 24.5 Å². The Morgan fingerprint density at radius 3 is 3.00 bits per heavy atom. The molecule has 0 bridgehead atoms. The second kappa shape index (κ2) is 6.40. The third-order valence-electron chi connectivity index (χ3n) is 2.29. The summed E-state index contributed by atoms with van der Waals surface area (Å²) >= 11 is 0. The molecule has 5 heteroatoms. The highest BCUT2D eigenvalue weighted by molar-refractivity contribution is 5.75. The predicted molar refractivity (Wildman–Crippen MR) is 51.1 cm³/mol. The highest BCUT2D eigenvalue weighted by Gasteiger charge is 2.24. The molecule has 1 aliphatic rings. The molecule has 0 amide bonds. The second-order valence-electron chi connectivity index (χ2n) is 3.41. The van der Waals surface area contributed by atoms with Crippen molar-refractivity contribution in [2.75, 3.05) is 26.9 Å². The van der Waals surface area contributed by atoms with Gasteiger partial charge in [0.15, 0.2) is 0 Å². The number of cyclic esters (lactones) is 1. The number of carbonyl (C=O) groups excluding carboxylic acids is 2. The molecule has 0 aromatic carbocycles. The zero-order chi connectivity index (χ0) is 11.1. The summed E-state index contributed by atoms with van der Waals surface area (Å²) in [5.41, 5.74) is 0. The third-order valence-corrected chi connectivity index (χ3v) is 2.29. The van der Waals surface area contributed by atoms with Crippen LogP contribution in [0.3, 0.4) is 0 Å². The van der Waals surface area contributed by atoms with Crippen LogP contribution in [-0.2, 0) is 23.8 Å². The Kier molecular flexibility index (Phi) is 5.10. The summed E-state index contributed by atoms with van der Waals surface area (Å²) in [5, 5.41) is 0. The Labute approximate surface area is 88.7 Å². The molecule has 5 nitrogen and oxygen atoms in total. The van der Waals surface area contributed by atoms with E-state index >= 15 is 0 Å². The molecule has 0 N–H and O–H groups in total. The molecule has 1 aliphatic heterocycles. The van der Waals surface area contributed by atoms with Crippen LogP contribution >= 0.6 is 0 Å². The summed E-state index contributed by atoms with van der Waals surface area (Å²) in [5.74, 6) is -0.708. The molecule has 0 aromatic heterocycles. The van der Waals surface area contributed by atoms with Crippen molar-refractivity contribution >= 4 is 11.9 Å². The Morgan fingerprint density at radius 2 is 2.27 bits per heavy atom. The second-order valence-corrected chi connectivity index (χ2v) is 3.41. The van der Waals surface area contributed by atoms with Crippen LogP contribution in [0.4, 0.5) is 0 Å². The third kappa shape index (κ3) is 4.29. The van der Waals surface area contributed by atoms with Crippen molar-refractivity contribution in [3.05, 3.63) is 0 Å². The van der Waals surface area contributed by atoms with Gasteiger partial charge >= 0.3 is 11.9 Å². The van der Waals surface area contributed by atoms with E-state index in [1.165, 1.54) is 0 Å². The fourth-order valence-corrected chi connectivity index (χ4v) is 1.40. The van der Waals surface area contributed by atoms with Crippen molar-refractivity contribution in [2.45, 2.75) is 19.3 Å². The van der Waals surface area contributed by atoms with Crippen molar-refractivity contribution in [1.82, 2.24) is 0 Å². The highest BCUT2D eigenvalue weighted by atomic mass is 16.6. The molecule has 0 radical (unpaired) electrons. The largest absolute Gasteiger partial charge is 0.466 e. The van der Waals surface area contributed by atoms with Gasteiger partial charge in [-0.3, -0.25) is 9.59 Å². The summed E-state index contributed by atoms with van der Waals surface area (Å²) in [6.07, 6.45) is 1.37. The number of esters is 2. The highest BCUT2D eigenvalue weighted by Crippen LogP contribution is 2.17. The topological polar surface area (TPSA) is 61.8 Å². The first-order chi connectivity index (χ1) is 7.24. The quantitative estimate of drug-likeness (QED) is 0.506. The zero-order valence-corrected chi connectivity index (χ0v) is 8.86. The van der Waals surface area contributed by atoms with Crippen molar-refractivity contribution in [1.29, 1.82) is 0 Å². The van der Waals surface area contributed by atoms with Gasteiger partial charge in [0.05, 0.1) is 19.1 Å². The fourth-order valence-electron chi connectivity index (χ4n) is 1.40. The average Bonchev–Trinajstić information content (AvgIpc) is 2.43. The molecule has 1 unspecified atom stereocenters. The Morgan fingerprint density at radius 1 is 1.47 bits per heavy atom. The fraction of sp³-hybridized carbons (Fsp3) is 0.800. The van der Waals surface area contributed by atoms with Gasteiger partial charge in [0, 0.05) is 13.5 Å². The molecule has 1 rings (SSSR count). The maximum absolute atomic E-state index is 11.5. The first-order valence-electron chi connectivity index (χ1n) is 5.05. The molecular formula is C10H16O5. The van der Waals surface area contributed by atoms with Gasteiger partial charge < -0.3 is 14.2 Å². The zero-order valence-electron chi connectivity index (χ0n) is 8.86. The summed E-state index contributed by atoms with van der Waals surface area (Å²) in [6.45, 7) is 0.970. The van der Waals surface area contributed by atoms with Crippen molar-refractivity contribution in [3.8, 4) is 0 Å². The van der Waals surface area contributed by atoms with Gasteiger partial charge in [-0.15, -0.1) is 0 Å². The molecule has 0 aromatic rings. The SMILES string of the molecule is COCCOC(=O)C1CCOC(=O)CC1. The first kappa shape index (κ1) is 12.0. The van der Waals surface area contributed by atoms with Crippen LogP contribution in [0.5, 0.6) is 0 Å². The van der Waals surface area contributed by atoms with Gasteiger partial charge in [0.25, 0.3) is 0 Å². The summed E-state index contributed by atoms with van der Waals surface area (Å²) in [7, 11) is 1.55. The normalized spacial score (nSPS) is 21.7. The minimum atomic E-state index is -0.259. The van der Waals surface area contributed by atoms with Crippen LogP contribution in [0.15, 0.2) is 0 Å². The molecule has 15 heavy (non-hydrogen) atoms. The van der Waals surface area contributed by atoms with E-state index in [0.29, 0.717) is 32.5 Å². The number of rotatable bonds is 4. The standard InChI is InChI=1S/C10H16O5/c1-13-6-7-15-10(12)8-2-3-9(11)14-5-4-8/h8H,2-7H2,1H3. The van der Waals surface area contributed by atoms with Crippen molar-refractivity contribution in [3.63, 3.8) is 0 Å². The van der Waals surface area contributed by atoms with Gasteiger partial charge in [-0.05, 0) is 12.8 Å². The number of methoxy groups -OCH3 is 1. The van der Waals surface area contributed by atoms with Crippen LogP contribution in [0.1, 0.15) is 19.3 Å². The minimum absolute atomic E-state index is 0.215. The molecule has 1 atom stereocenters. The van der Waals surface area contributed by atoms with E-state index in [9.17, 15) is 9.59 Å². The summed E-state index contributed by atoms with van der Waals surface area (Å²) < 4.78 is 14.6. The number of hydrogen-bond acceptors (Lipinski definition) is 5. The molecule has 0 spiro atoms. The van der Waals surface area contributed by atoms with Crippen molar-refractivity contribution < 1.29 is 23.8 Å². The van der Waals surface area contributed by atoms with Gasteiger partial charge in [0.1, 0.15) is 6.61 Å². The predicted octanol–water partition coefficient (Wildman–Crippen LogP) is 0.519. The van der Waals surface area contributed by atoms with E-state index < -0.39 is 0 Å². The van der Waals surface area contributed by atoms with Gasteiger partial charge in [-0.2, -0.15) is 0 Å². The lowest BCUT2D eigenvalue weighted by atomic mass is 10.0. The van der Waals surface area contributed by atoms with E-state index in [1.807, 2.05) is 0 Å².